The second kappa shape index (κ2) is 8.98. The molecule has 2 amide bonds. The van der Waals surface area contributed by atoms with Crippen molar-refractivity contribution in [1.29, 1.82) is 0 Å². The lowest BCUT2D eigenvalue weighted by atomic mass is 10.1. The maximum absolute atomic E-state index is 12.0. The van der Waals surface area contributed by atoms with E-state index in [4.69, 9.17) is 5.73 Å². The molecule has 0 fully saturated rings. The normalized spacial score (nSPS) is 10.2. The molecule has 0 saturated heterocycles. The van der Waals surface area contributed by atoms with Gasteiger partial charge in [-0.3, -0.25) is 9.59 Å². The Balaban J connectivity index is 1.83. The van der Waals surface area contributed by atoms with Crippen LogP contribution >= 0.6 is 11.8 Å². The van der Waals surface area contributed by atoms with Crippen LogP contribution in [0.1, 0.15) is 11.1 Å². The third kappa shape index (κ3) is 5.96. The summed E-state index contributed by atoms with van der Waals surface area (Å²) in [4.78, 5) is 23.8. The summed E-state index contributed by atoms with van der Waals surface area (Å²) in [5.74, 6) is -0.255. The molecule has 24 heavy (non-hydrogen) atoms. The molecule has 0 atom stereocenters. The quantitative estimate of drug-likeness (QED) is 0.642. The first-order valence-electron chi connectivity index (χ1n) is 7.61. The van der Waals surface area contributed by atoms with Gasteiger partial charge < -0.3 is 16.4 Å². The van der Waals surface area contributed by atoms with Crippen molar-refractivity contribution in [3.05, 3.63) is 59.7 Å². The van der Waals surface area contributed by atoms with Gasteiger partial charge in [0.15, 0.2) is 0 Å². The Kier molecular flexibility index (Phi) is 6.69. The molecular formula is C18H21N3O2S. The number of aryl methyl sites for hydroxylation is 1. The summed E-state index contributed by atoms with van der Waals surface area (Å²) in [7, 11) is 0. The highest BCUT2D eigenvalue weighted by molar-refractivity contribution is 8.00. The van der Waals surface area contributed by atoms with Gasteiger partial charge in [0.25, 0.3) is 0 Å². The molecule has 2 aromatic carbocycles. The second-order valence-electron chi connectivity index (χ2n) is 5.37. The molecule has 0 saturated carbocycles. The maximum atomic E-state index is 12.0. The van der Waals surface area contributed by atoms with Crippen LogP contribution in [0.4, 0.5) is 5.69 Å². The summed E-state index contributed by atoms with van der Waals surface area (Å²) in [6.07, 6.45) is 0. The molecular weight excluding hydrogens is 322 g/mol. The lowest BCUT2D eigenvalue weighted by molar-refractivity contribution is -0.119. The number of primary amides is 1. The predicted octanol–water partition coefficient (Wildman–Crippen LogP) is 2.30. The highest BCUT2D eigenvalue weighted by Gasteiger charge is 2.06. The summed E-state index contributed by atoms with van der Waals surface area (Å²) in [5, 5.41) is 5.97. The standard InChI is InChI=1S/C18H21N3O2S/c1-13-6-8-14(9-7-13)10-21-18(23)11-20-15-4-2-3-5-16(15)24-12-17(19)22/h2-9,20H,10-12H2,1H3,(H2,19,22)(H,21,23). The molecule has 2 aromatic rings. The van der Waals surface area contributed by atoms with Crippen LogP contribution in [0.15, 0.2) is 53.4 Å². The molecule has 0 heterocycles. The molecule has 0 aliphatic heterocycles. The van der Waals surface area contributed by atoms with E-state index in [2.05, 4.69) is 10.6 Å². The number of anilines is 1. The zero-order valence-electron chi connectivity index (χ0n) is 13.5. The summed E-state index contributed by atoms with van der Waals surface area (Å²) in [6, 6.07) is 15.6. The van der Waals surface area contributed by atoms with Crippen molar-refractivity contribution in [3.63, 3.8) is 0 Å². The SMILES string of the molecule is Cc1ccc(CNC(=O)CNc2ccccc2SCC(N)=O)cc1. The lowest BCUT2D eigenvalue weighted by Crippen LogP contribution is -2.29. The van der Waals surface area contributed by atoms with Crippen LogP contribution in [0, 0.1) is 6.92 Å². The number of nitrogens with one attached hydrogen (secondary N) is 2. The number of para-hydroxylation sites is 1. The molecule has 4 N–H and O–H groups in total. The Labute approximate surface area is 146 Å². The lowest BCUT2D eigenvalue weighted by Gasteiger charge is -2.11. The van der Waals surface area contributed by atoms with Crippen LogP contribution in [-0.2, 0) is 16.1 Å². The minimum atomic E-state index is -0.370. The van der Waals surface area contributed by atoms with Gasteiger partial charge in [-0.15, -0.1) is 11.8 Å². The van der Waals surface area contributed by atoms with Crippen LogP contribution in [0.3, 0.4) is 0 Å². The molecule has 2 rings (SSSR count). The minimum absolute atomic E-state index is 0.0923. The first-order valence-corrected chi connectivity index (χ1v) is 8.59. The van der Waals surface area contributed by atoms with E-state index in [1.54, 1.807) is 0 Å². The first-order chi connectivity index (χ1) is 11.5. The molecule has 0 aliphatic rings. The second-order valence-corrected chi connectivity index (χ2v) is 6.38. The molecule has 0 spiro atoms. The van der Waals surface area contributed by atoms with Crippen molar-refractivity contribution >= 4 is 29.3 Å². The van der Waals surface area contributed by atoms with E-state index >= 15 is 0 Å². The fourth-order valence-corrected chi connectivity index (χ4v) is 2.80. The summed E-state index contributed by atoms with van der Waals surface area (Å²) in [5.41, 5.74) is 8.24. The van der Waals surface area contributed by atoms with E-state index in [1.165, 1.54) is 17.3 Å². The molecule has 0 bridgehead atoms. The Bertz CT molecular complexity index is 702. The number of amides is 2. The average molecular weight is 343 g/mol. The highest BCUT2D eigenvalue weighted by atomic mass is 32.2. The number of hydrogen-bond donors (Lipinski definition) is 3. The van der Waals surface area contributed by atoms with Crippen molar-refractivity contribution < 1.29 is 9.59 Å². The van der Waals surface area contributed by atoms with Gasteiger partial charge in [-0.2, -0.15) is 0 Å². The topological polar surface area (TPSA) is 84.2 Å². The first kappa shape index (κ1) is 17.9. The third-order valence-electron chi connectivity index (χ3n) is 3.31. The maximum Gasteiger partial charge on any atom is 0.239 e. The van der Waals surface area contributed by atoms with Gasteiger partial charge >= 0.3 is 0 Å². The minimum Gasteiger partial charge on any atom is -0.375 e. The van der Waals surface area contributed by atoms with Crippen molar-refractivity contribution in [1.82, 2.24) is 5.32 Å². The smallest absolute Gasteiger partial charge is 0.239 e. The number of nitrogens with two attached hydrogens (primary N) is 1. The van der Waals surface area contributed by atoms with Gasteiger partial charge in [-0.25, -0.2) is 0 Å². The zero-order valence-corrected chi connectivity index (χ0v) is 14.4. The van der Waals surface area contributed by atoms with E-state index in [9.17, 15) is 9.59 Å². The number of carbonyl (C=O) groups excluding carboxylic acids is 2. The van der Waals surface area contributed by atoms with Crippen LogP contribution in [0.25, 0.3) is 0 Å². The summed E-state index contributed by atoms with van der Waals surface area (Å²) >= 11 is 1.35. The predicted molar refractivity (Wildman–Crippen MR) is 97.9 cm³/mol. The average Bonchev–Trinajstić information content (AvgIpc) is 2.58. The fraction of sp³-hybridized carbons (Fsp3) is 0.222. The van der Waals surface area contributed by atoms with E-state index in [0.29, 0.717) is 6.54 Å². The van der Waals surface area contributed by atoms with Crippen molar-refractivity contribution in [2.45, 2.75) is 18.4 Å². The van der Waals surface area contributed by atoms with Gasteiger partial charge in [0.05, 0.1) is 12.3 Å². The number of thioether (sulfide) groups is 1. The van der Waals surface area contributed by atoms with E-state index in [0.717, 1.165) is 16.1 Å². The van der Waals surface area contributed by atoms with Gasteiger partial charge in [-0.1, -0.05) is 42.0 Å². The van der Waals surface area contributed by atoms with Gasteiger partial charge in [0.2, 0.25) is 11.8 Å². The molecule has 6 heteroatoms. The number of hydrogen-bond acceptors (Lipinski definition) is 4. The monoisotopic (exact) mass is 343 g/mol. The molecule has 126 valence electrons. The molecule has 0 aromatic heterocycles. The Morgan fingerprint density at radius 1 is 1.08 bits per heavy atom. The molecule has 0 aliphatic carbocycles. The Hall–Kier alpha value is -2.47. The number of carbonyl (C=O) groups is 2. The summed E-state index contributed by atoms with van der Waals surface area (Å²) in [6.45, 7) is 2.69. The van der Waals surface area contributed by atoms with E-state index in [-0.39, 0.29) is 24.1 Å². The third-order valence-corrected chi connectivity index (χ3v) is 4.40. The number of rotatable bonds is 8. The number of benzene rings is 2. The van der Waals surface area contributed by atoms with E-state index in [1.807, 2.05) is 55.5 Å². The zero-order chi connectivity index (χ0) is 17.4. The highest BCUT2D eigenvalue weighted by Crippen LogP contribution is 2.26. The largest absolute Gasteiger partial charge is 0.375 e. The van der Waals surface area contributed by atoms with E-state index < -0.39 is 0 Å². The Morgan fingerprint density at radius 2 is 1.79 bits per heavy atom. The molecule has 0 radical (unpaired) electrons. The Morgan fingerprint density at radius 3 is 2.50 bits per heavy atom. The molecule has 5 nitrogen and oxygen atoms in total. The molecule has 0 unspecified atom stereocenters. The summed E-state index contributed by atoms with van der Waals surface area (Å²) < 4.78 is 0. The van der Waals surface area contributed by atoms with Crippen molar-refractivity contribution in [3.8, 4) is 0 Å². The van der Waals surface area contributed by atoms with Gasteiger partial charge in [0, 0.05) is 17.1 Å². The van der Waals surface area contributed by atoms with Crippen LogP contribution in [0.5, 0.6) is 0 Å². The van der Waals surface area contributed by atoms with Crippen LogP contribution in [-0.4, -0.2) is 24.1 Å². The fourth-order valence-electron chi connectivity index (χ4n) is 2.03. The van der Waals surface area contributed by atoms with Crippen molar-refractivity contribution in [2.75, 3.05) is 17.6 Å². The van der Waals surface area contributed by atoms with Crippen LogP contribution in [0.2, 0.25) is 0 Å². The van der Waals surface area contributed by atoms with Crippen molar-refractivity contribution in [2.24, 2.45) is 5.73 Å². The van der Waals surface area contributed by atoms with Crippen LogP contribution < -0.4 is 16.4 Å². The van der Waals surface area contributed by atoms with Gasteiger partial charge in [0.1, 0.15) is 0 Å². The van der Waals surface area contributed by atoms with Gasteiger partial charge in [-0.05, 0) is 24.6 Å².